The van der Waals surface area contributed by atoms with E-state index in [0.717, 1.165) is 38.3 Å². The molecule has 1 heterocycles. The Morgan fingerprint density at radius 1 is 1.14 bits per heavy atom. The van der Waals surface area contributed by atoms with Crippen LogP contribution in [-0.4, -0.2) is 13.2 Å². The van der Waals surface area contributed by atoms with E-state index >= 15 is 0 Å². The highest BCUT2D eigenvalue weighted by molar-refractivity contribution is 5.75. The monoisotopic (exact) mass is 281 g/mol. The van der Waals surface area contributed by atoms with Crippen molar-refractivity contribution in [3.63, 3.8) is 0 Å². The average molecular weight is 281 g/mol. The maximum atomic E-state index is 5.95. The Morgan fingerprint density at radius 3 is 2.86 bits per heavy atom. The van der Waals surface area contributed by atoms with E-state index in [4.69, 9.17) is 4.74 Å². The van der Waals surface area contributed by atoms with Crippen molar-refractivity contribution in [2.24, 2.45) is 0 Å². The van der Waals surface area contributed by atoms with Gasteiger partial charge >= 0.3 is 0 Å². The third kappa shape index (κ3) is 2.96. The van der Waals surface area contributed by atoms with Crippen molar-refractivity contribution in [1.29, 1.82) is 0 Å². The molecule has 2 nitrogen and oxygen atoms in total. The van der Waals surface area contributed by atoms with E-state index in [2.05, 4.69) is 55.6 Å². The van der Waals surface area contributed by atoms with Crippen molar-refractivity contribution >= 4 is 0 Å². The van der Waals surface area contributed by atoms with E-state index in [0.29, 0.717) is 0 Å². The van der Waals surface area contributed by atoms with Gasteiger partial charge in [-0.05, 0) is 48.6 Å². The summed E-state index contributed by atoms with van der Waals surface area (Å²) in [4.78, 5) is 0. The molecule has 0 saturated carbocycles. The molecule has 0 bridgehead atoms. The molecule has 0 fully saturated rings. The maximum absolute atomic E-state index is 5.95. The van der Waals surface area contributed by atoms with Gasteiger partial charge in [0.15, 0.2) is 0 Å². The fraction of sp³-hybridized carbons (Fsp3) is 0.368. The number of nitrogens with one attached hydrogen (secondary N) is 1. The molecule has 0 unspecified atom stereocenters. The lowest BCUT2D eigenvalue weighted by Gasteiger charge is -2.21. The molecular weight excluding hydrogens is 258 g/mol. The van der Waals surface area contributed by atoms with Gasteiger partial charge in [-0.2, -0.15) is 0 Å². The number of para-hydroxylation sites is 1. The smallest absolute Gasteiger partial charge is 0.130 e. The predicted molar refractivity (Wildman–Crippen MR) is 87.8 cm³/mol. The first-order valence-electron chi connectivity index (χ1n) is 7.85. The van der Waals surface area contributed by atoms with Crippen LogP contribution >= 0.6 is 0 Å². The van der Waals surface area contributed by atoms with Gasteiger partial charge in [-0.15, -0.1) is 0 Å². The first kappa shape index (κ1) is 14.2. The molecule has 0 amide bonds. The highest BCUT2D eigenvalue weighted by Gasteiger charge is 2.16. The SMILES string of the molecule is CCNCc1ccc(-c2cccc3c2OCCC3)c(C)c1. The van der Waals surface area contributed by atoms with Crippen LogP contribution in [0, 0.1) is 6.92 Å². The second-order valence-corrected chi connectivity index (χ2v) is 5.68. The highest BCUT2D eigenvalue weighted by Crippen LogP contribution is 2.37. The highest BCUT2D eigenvalue weighted by atomic mass is 16.5. The van der Waals surface area contributed by atoms with Crippen LogP contribution < -0.4 is 10.1 Å². The molecular formula is C19H23NO. The summed E-state index contributed by atoms with van der Waals surface area (Å²) in [5, 5.41) is 3.38. The van der Waals surface area contributed by atoms with Crippen LogP contribution in [0.15, 0.2) is 36.4 Å². The molecule has 0 aliphatic carbocycles. The minimum Gasteiger partial charge on any atom is -0.493 e. The second-order valence-electron chi connectivity index (χ2n) is 5.68. The summed E-state index contributed by atoms with van der Waals surface area (Å²) in [5.74, 6) is 1.09. The van der Waals surface area contributed by atoms with Gasteiger partial charge < -0.3 is 10.1 Å². The van der Waals surface area contributed by atoms with E-state index < -0.39 is 0 Å². The van der Waals surface area contributed by atoms with Crippen molar-refractivity contribution in [2.45, 2.75) is 33.2 Å². The molecule has 0 spiro atoms. The number of hydrogen-bond acceptors (Lipinski definition) is 2. The first-order chi connectivity index (χ1) is 10.3. The molecule has 2 aromatic rings. The van der Waals surface area contributed by atoms with E-state index in [1.54, 1.807) is 0 Å². The van der Waals surface area contributed by atoms with Gasteiger partial charge in [0.05, 0.1) is 6.61 Å². The predicted octanol–water partition coefficient (Wildman–Crippen LogP) is 4.10. The van der Waals surface area contributed by atoms with E-state index in [9.17, 15) is 0 Å². The zero-order valence-electron chi connectivity index (χ0n) is 12.9. The Labute approximate surface area is 127 Å². The standard InChI is InChI=1S/C19H23NO/c1-3-20-13-15-9-10-17(14(2)12-15)18-8-4-6-16-7-5-11-21-19(16)18/h4,6,8-10,12,20H,3,5,7,11,13H2,1-2H3. The Kier molecular flexibility index (Phi) is 4.26. The van der Waals surface area contributed by atoms with Crippen LogP contribution in [0.4, 0.5) is 0 Å². The zero-order chi connectivity index (χ0) is 14.7. The van der Waals surface area contributed by atoms with Crippen LogP contribution in [0.3, 0.4) is 0 Å². The topological polar surface area (TPSA) is 21.3 Å². The van der Waals surface area contributed by atoms with Crippen LogP contribution in [0.1, 0.15) is 30.0 Å². The van der Waals surface area contributed by atoms with Crippen molar-refractivity contribution in [3.8, 4) is 16.9 Å². The normalized spacial score (nSPS) is 13.6. The number of rotatable bonds is 4. The number of hydrogen-bond donors (Lipinski definition) is 1. The van der Waals surface area contributed by atoms with Gasteiger partial charge in [-0.1, -0.05) is 43.3 Å². The average Bonchev–Trinajstić information content (AvgIpc) is 2.53. The van der Waals surface area contributed by atoms with Crippen molar-refractivity contribution in [3.05, 3.63) is 53.1 Å². The number of ether oxygens (including phenoxy) is 1. The summed E-state index contributed by atoms with van der Waals surface area (Å²) >= 11 is 0. The van der Waals surface area contributed by atoms with Crippen LogP contribution in [0.2, 0.25) is 0 Å². The molecule has 1 N–H and O–H groups in total. The quantitative estimate of drug-likeness (QED) is 0.911. The summed E-state index contributed by atoms with van der Waals surface area (Å²) in [6, 6.07) is 13.2. The van der Waals surface area contributed by atoms with Gasteiger partial charge in [0.1, 0.15) is 5.75 Å². The zero-order valence-corrected chi connectivity index (χ0v) is 12.9. The first-order valence-corrected chi connectivity index (χ1v) is 7.85. The maximum Gasteiger partial charge on any atom is 0.130 e. The summed E-state index contributed by atoms with van der Waals surface area (Å²) < 4.78 is 5.95. The Balaban J connectivity index is 1.97. The van der Waals surface area contributed by atoms with E-state index in [1.807, 2.05) is 0 Å². The van der Waals surface area contributed by atoms with E-state index in [-0.39, 0.29) is 0 Å². The number of benzene rings is 2. The van der Waals surface area contributed by atoms with Crippen LogP contribution in [-0.2, 0) is 13.0 Å². The van der Waals surface area contributed by atoms with Gasteiger partial charge in [-0.3, -0.25) is 0 Å². The molecule has 0 radical (unpaired) electrons. The lowest BCUT2D eigenvalue weighted by atomic mass is 9.94. The number of aryl methyl sites for hydroxylation is 2. The molecule has 110 valence electrons. The summed E-state index contributed by atoms with van der Waals surface area (Å²) in [5.41, 5.74) is 6.51. The largest absolute Gasteiger partial charge is 0.493 e. The van der Waals surface area contributed by atoms with Crippen molar-refractivity contribution in [2.75, 3.05) is 13.2 Å². The Hall–Kier alpha value is -1.80. The van der Waals surface area contributed by atoms with Crippen molar-refractivity contribution in [1.82, 2.24) is 5.32 Å². The molecule has 0 saturated heterocycles. The van der Waals surface area contributed by atoms with Gasteiger partial charge in [0.2, 0.25) is 0 Å². The summed E-state index contributed by atoms with van der Waals surface area (Å²) in [7, 11) is 0. The molecule has 2 aromatic carbocycles. The van der Waals surface area contributed by atoms with Gasteiger partial charge in [0, 0.05) is 12.1 Å². The second kappa shape index (κ2) is 6.31. The molecule has 0 atom stereocenters. The fourth-order valence-electron chi connectivity index (χ4n) is 3.01. The minimum atomic E-state index is 0.835. The number of fused-ring (bicyclic) bond motifs is 1. The van der Waals surface area contributed by atoms with Crippen LogP contribution in [0.25, 0.3) is 11.1 Å². The lowest BCUT2D eigenvalue weighted by Crippen LogP contribution is -2.12. The third-order valence-corrected chi connectivity index (χ3v) is 4.09. The molecule has 0 aromatic heterocycles. The minimum absolute atomic E-state index is 0.835. The van der Waals surface area contributed by atoms with Gasteiger partial charge in [-0.25, -0.2) is 0 Å². The summed E-state index contributed by atoms with van der Waals surface area (Å²) in [6.45, 7) is 7.09. The van der Waals surface area contributed by atoms with Crippen molar-refractivity contribution < 1.29 is 4.74 Å². The van der Waals surface area contributed by atoms with Gasteiger partial charge in [0.25, 0.3) is 0 Å². The fourth-order valence-corrected chi connectivity index (χ4v) is 3.01. The van der Waals surface area contributed by atoms with Crippen LogP contribution in [0.5, 0.6) is 5.75 Å². The molecule has 1 aliphatic rings. The lowest BCUT2D eigenvalue weighted by molar-refractivity contribution is 0.289. The van der Waals surface area contributed by atoms with E-state index in [1.165, 1.54) is 27.8 Å². The molecule has 3 rings (SSSR count). The Bertz CT molecular complexity index is 633. The molecule has 1 aliphatic heterocycles. The summed E-state index contributed by atoms with van der Waals surface area (Å²) in [6.07, 6.45) is 2.25. The molecule has 2 heteroatoms. The third-order valence-electron chi connectivity index (χ3n) is 4.09. The Morgan fingerprint density at radius 2 is 2.05 bits per heavy atom. The molecule has 21 heavy (non-hydrogen) atoms.